The molecule has 0 saturated carbocycles. The molecule has 6 nitrogen and oxygen atoms in total. The Balaban J connectivity index is 1.62. The smallest absolute Gasteiger partial charge is 0.250 e. The van der Waals surface area contributed by atoms with Crippen molar-refractivity contribution < 1.29 is 4.79 Å². The van der Waals surface area contributed by atoms with E-state index in [2.05, 4.69) is 20.7 Å². The molecular formula is C21H22ClN5OS. The highest BCUT2D eigenvalue weighted by Gasteiger charge is 2.14. The molecule has 0 aliphatic heterocycles. The van der Waals surface area contributed by atoms with Crippen LogP contribution < -0.4 is 5.43 Å². The molecule has 3 rings (SSSR count). The Bertz CT molecular complexity index is 1010. The van der Waals surface area contributed by atoms with Crippen molar-refractivity contribution >= 4 is 35.0 Å². The molecule has 0 bridgehead atoms. The number of carbonyl (C=O) groups is 1. The Hall–Kier alpha value is -2.64. The van der Waals surface area contributed by atoms with Crippen LogP contribution in [0.4, 0.5) is 0 Å². The van der Waals surface area contributed by atoms with Gasteiger partial charge in [-0.25, -0.2) is 5.43 Å². The Kier molecular flexibility index (Phi) is 7.06. The molecule has 8 heteroatoms. The van der Waals surface area contributed by atoms with Crippen LogP contribution in [-0.4, -0.2) is 32.1 Å². The fourth-order valence-corrected chi connectivity index (χ4v) is 3.58. The summed E-state index contributed by atoms with van der Waals surface area (Å²) >= 11 is 7.29. The molecule has 0 atom stereocenters. The van der Waals surface area contributed by atoms with E-state index >= 15 is 0 Å². The third-order valence-electron chi connectivity index (χ3n) is 4.29. The lowest BCUT2D eigenvalue weighted by atomic mass is 10.1. The predicted octanol–water partition coefficient (Wildman–Crippen LogP) is 4.56. The predicted molar refractivity (Wildman–Crippen MR) is 118 cm³/mol. The zero-order valence-electron chi connectivity index (χ0n) is 16.5. The van der Waals surface area contributed by atoms with Crippen LogP contribution in [-0.2, 0) is 11.3 Å². The van der Waals surface area contributed by atoms with Gasteiger partial charge in [-0.3, -0.25) is 4.79 Å². The quantitative estimate of drug-likeness (QED) is 0.341. The second-order valence-electron chi connectivity index (χ2n) is 6.44. The normalized spacial score (nSPS) is 11.5. The van der Waals surface area contributed by atoms with Gasteiger partial charge in [-0.2, -0.15) is 5.10 Å². The number of nitrogens with one attached hydrogen (secondary N) is 1. The van der Waals surface area contributed by atoms with Gasteiger partial charge in [0.05, 0.1) is 11.5 Å². The average Bonchev–Trinajstić information content (AvgIpc) is 3.14. The number of nitrogens with zero attached hydrogens (tertiary/aromatic N) is 4. The lowest BCUT2D eigenvalue weighted by Crippen LogP contribution is -2.21. The highest BCUT2D eigenvalue weighted by atomic mass is 35.5. The van der Waals surface area contributed by atoms with Crippen molar-refractivity contribution in [3.63, 3.8) is 0 Å². The third kappa shape index (κ3) is 5.46. The van der Waals surface area contributed by atoms with Gasteiger partial charge in [-0.1, -0.05) is 53.2 Å². The van der Waals surface area contributed by atoms with Crippen molar-refractivity contribution in [1.29, 1.82) is 0 Å². The van der Waals surface area contributed by atoms with Crippen LogP contribution in [0.2, 0.25) is 5.02 Å². The molecule has 0 fully saturated rings. The van der Waals surface area contributed by atoms with Crippen LogP contribution in [0.3, 0.4) is 0 Å². The van der Waals surface area contributed by atoms with E-state index in [1.54, 1.807) is 0 Å². The van der Waals surface area contributed by atoms with Gasteiger partial charge in [0.25, 0.3) is 5.91 Å². The van der Waals surface area contributed by atoms with E-state index in [9.17, 15) is 4.79 Å². The van der Waals surface area contributed by atoms with Gasteiger partial charge >= 0.3 is 0 Å². The molecule has 1 aromatic heterocycles. The largest absolute Gasteiger partial charge is 0.302 e. The fraction of sp³-hybridized carbons (Fsp3) is 0.238. The molecule has 1 N–H and O–H groups in total. The van der Waals surface area contributed by atoms with Crippen LogP contribution in [0.5, 0.6) is 0 Å². The van der Waals surface area contributed by atoms with Crippen molar-refractivity contribution in [3.8, 4) is 11.4 Å². The first kappa shape index (κ1) is 21.1. The minimum atomic E-state index is -0.194. The first-order valence-corrected chi connectivity index (χ1v) is 10.6. The number of hydrazone groups is 1. The molecule has 0 unspecified atom stereocenters. The molecule has 1 amide bonds. The number of benzene rings is 2. The standard InChI is InChI=1S/C21H22ClN5OS/c1-4-27-20(17-9-11-18(22)12-10-17)25-26-21(27)29-13-19(28)24-23-15(3)16-7-5-14(2)6-8-16/h5-12H,4,13H2,1-3H3,(H,24,28). The van der Waals surface area contributed by atoms with Gasteiger partial charge in [-0.15, -0.1) is 10.2 Å². The summed E-state index contributed by atoms with van der Waals surface area (Å²) in [5.74, 6) is 0.754. The highest BCUT2D eigenvalue weighted by molar-refractivity contribution is 7.99. The number of hydrogen-bond acceptors (Lipinski definition) is 5. The summed E-state index contributed by atoms with van der Waals surface area (Å²) in [5, 5.41) is 14.1. The summed E-state index contributed by atoms with van der Waals surface area (Å²) < 4.78 is 1.97. The third-order valence-corrected chi connectivity index (χ3v) is 5.50. The molecule has 0 aliphatic rings. The maximum Gasteiger partial charge on any atom is 0.250 e. The first-order chi connectivity index (χ1) is 14.0. The second-order valence-corrected chi connectivity index (χ2v) is 7.82. The molecule has 1 heterocycles. The molecule has 0 spiro atoms. The summed E-state index contributed by atoms with van der Waals surface area (Å²) in [6, 6.07) is 15.4. The summed E-state index contributed by atoms with van der Waals surface area (Å²) in [4.78, 5) is 12.2. The van der Waals surface area contributed by atoms with E-state index in [4.69, 9.17) is 11.6 Å². The van der Waals surface area contributed by atoms with E-state index < -0.39 is 0 Å². The average molecular weight is 428 g/mol. The van der Waals surface area contributed by atoms with E-state index in [0.29, 0.717) is 16.7 Å². The van der Waals surface area contributed by atoms with Crippen LogP contribution >= 0.6 is 23.4 Å². The molecule has 0 radical (unpaired) electrons. The number of aromatic nitrogens is 3. The van der Waals surface area contributed by atoms with E-state index in [-0.39, 0.29) is 11.7 Å². The van der Waals surface area contributed by atoms with Crippen molar-refractivity contribution in [3.05, 3.63) is 64.7 Å². The van der Waals surface area contributed by atoms with Gasteiger partial charge in [0.15, 0.2) is 11.0 Å². The van der Waals surface area contributed by atoms with Crippen molar-refractivity contribution in [2.45, 2.75) is 32.5 Å². The maximum atomic E-state index is 12.2. The van der Waals surface area contributed by atoms with Gasteiger partial charge in [0, 0.05) is 17.1 Å². The van der Waals surface area contributed by atoms with E-state index in [1.165, 1.54) is 17.3 Å². The molecular weight excluding hydrogens is 406 g/mol. The van der Waals surface area contributed by atoms with Crippen LogP contribution in [0.25, 0.3) is 11.4 Å². The van der Waals surface area contributed by atoms with Crippen LogP contribution in [0, 0.1) is 6.92 Å². The van der Waals surface area contributed by atoms with Crippen molar-refractivity contribution in [2.75, 3.05) is 5.75 Å². The topological polar surface area (TPSA) is 72.2 Å². The Labute approximate surface area is 179 Å². The summed E-state index contributed by atoms with van der Waals surface area (Å²) in [6.07, 6.45) is 0. The number of hydrogen-bond donors (Lipinski definition) is 1. The molecule has 3 aromatic rings. The minimum Gasteiger partial charge on any atom is -0.302 e. The number of rotatable bonds is 7. The lowest BCUT2D eigenvalue weighted by molar-refractivity contribution is -0.118. The van der Waals surface area contributed by atoms with Gasteiger partial charge in [0.1, 0.15) is 0 Å². The highest BCUT2D eigenvalue weighted by Crippen LogP contribution is 2.25. The van der Waals surface area contributed by atoms with E-state index in [1.807, 2.05) is 73.9 Å². The molecule has 0 aliphatic carbocycles. The van der Waals surface area contributed by atoms with E-state index in [0.717, 1.165) is 22.7 Å². The monoisotopic (exact) mass is 427 g/mol. The number of halogens is 1. The number of amides is 1. The zero-order chi connectivity index (χ0) is 20.8. The molecule has 2 aromatic carbocycles. The Morgan fingerprint density at radius 3 is 2.48 bits per heavy atom. The fourth-order valence-electron chi connectivity index (χ4n) is 2.66. The maximum absolute atomic E-state index is 12.2. The summed E-state index contributed by atoms with van der Waals surface area (Å²) in [6.45, 7) is 6.61. The van der Waals surface area contributed by atoms with Crippen molar-refractivity contribution in [2.24, 2.45) is 5.10 Å². The lowest BCUT2D eigenvalue weighted by Gasteiger charge is -2.07. The second kappa shape index (κ2) is 9.71. The van der Waals surface area contributed by atoms with Gasteiger partial charge in [-0.05, 0) is 50.6 Å². The molecule has 29 heavy (non-hydrogen) atoms. The summed E-state index contributed by atoms with van der Waals surface area (Å²) in [7, 11) is 0. The number of thioether (sulfide) groups is 1. The Morgan fingerprint density at radius 1 is 1.14 bits per heavy atom. The van der Waals surface area contributed by atoms with Crippen LogP contribution in [0.15, 0.2) is 58.8 Å². The Morgan fingerprint density at radius 2 is 1.83 bits per heavy atom. The molecule has 150 valence electrons. The minimum absolute atomic E-state index is 0.194. The van der Waals surface area contributed by atoms with Crippen LogP contribution in [0.1, 0.15) is 25.0 Å². The zero-order valence-corrected chi connectivity index (χ0v) is 18.1. The molecule has 0 saturated heterocycles. The SMILES string of the molecule is CCn1c(SCC(=O)NN=C(C)c2ccc(C)cc2)nnc1-c1ccc(Cl)cc1. The van der Waals surface area contributed by atoms with Gasteiger partial charge in [0.2, 0.25) is 0 Å². The number of carbonyl (C=O) groups excluding carboxylic acids is 1. The van der Waals surface area contributed by atoms with Gasteiger partial charge < -0.3 is 4.57 Å². The first-order valence-electron chi connectivity index (χ1n) is 9.20. The van der Waals surface area contributed by atoms with Crippen molar-refractivity contribution in [1.82, 2.24) is 20.2 Å². The summed E-state index contributed by atoms with van der Waals surface area (Å²) in [5.41, 5.74) is 6.44. The number of aryl methyl sites for hydroxylation is 1.